The first kappa shape index (κ1) is 16.2. The van der Waals surface area contributed by atoms with E-state index in [0.29, 0.717) is 12.5 Å². The zero-order valence-electron chi connectivity index (χ0n) is 12.9. The van der Waals surface area contributed by atoms with Gasteiger partial charge in [0, 0.05) is 18.8 Å². The van der Waals surface area contributed by atoms with E-state index in [4.69, 9.17) is 0 Å². The lowest BCUT2D eigenvalue weighted by atomic mass is 9.91. The van der Waals surface area contributed by atoms with Crippen LogP contribution in [0.1, 0.15) is 47.5 Å². The smallest absolute Gasteiger partial charge is 0.0612 e. The number of hydroxylamine groups is 1. The van der Waals surface area contributed by atoms with Crippen LogP contribution in [-0.2, 0) is 0 Å². The molecule has 0 radical (unpaired) electrons. The zero-order chi connectivity index (χ0) is 14.4. The van der Waals surface area contributed by atoms with Gasteiger partial charge < -0.3 is 5.32 Å². The lowest BCUT2D eigenvalue weighted by Gasteiger charge is -2.32. The molecule has 1 aliphatic rings. The van der Waals surface area contributed by atoms with Gasteiger partial charge in [0.05, 0.1) is 6.04 Å². The van der Waals surface area contributed by atoms with Gasteiger partial charge in [-0.2, -0.15) is 0 Å². The Bertz CT molecular complexity index is 336. The molecule has 2 unspecified atom stereocenters. The maximum absolute atomic E-state index is 9.75. The fourth-order valence-electron chi connectivity index (χ4n) is 2.46. The Morgan fingerprint density at radius 2 is 2.11 bits per heavy atom. The van der Waals surface area contributed by atoms with Crippen LogP contribution in [-0.4, -0.2) is 29.0 Å². The molecule has 0 aliphatic carbocycles. The molecule has 0 aromatic carbocycles. The first-order chi connectivity index (χ1) is 8.99. The van der Waals surface area contributed by atoms with Crippen LogP contribution in [0.5, 0.6) is 0 Å². The molecule has 19 heavy (non-hydrogen) atoms. The maximum Gasteiger partial charge on any atom is 0.0612 e. The molecule has 0 fully saturated rings. The van der Waals surface area contributed by atoms with Crippen molar-refractivity contribution in [2.24, 2.45) is 5.92 Å². The lowest BCUT2D eigenvalue weighted by Crippen LogP contribution is -2.52. The zero-order valence-corrected chi connectivity index (χ0v) is 12.9. The molecule has 3 N–H and O–H groups in total. The Hall–Kier alpha value is -0.840. The third-order valence-electron chi connectivity index (χ3n) is 3.56. The Labute approximate surface area is 117 Å². The second-order valence-corrected chi connectivity index (χ2v) is 5.56. The largest absolute Gasteiger partial charge is 0.383 e. The van der Waals surface area contributed by atoms with E-state index in [2.05, 4.69) is 50.7 Å². The summed E-state index contributed by atoms with van der Waals surface area (Å²) < 4.78 is 0. The van der Waals surface area contributed by atoms with Crippen LogP contribution in [0.3, 0.4) is 0 Å². The van der Waals surface area contributed by atoms with Crippen LogP contribution in [0.2, 0.25) is 0 Å². The van der Waals surface area contributed by atoms with Crippen molar-refractivity contribution in [3.8, 4) is 0 Å². The first-order valence-corrected chi connectivity index (χ1v) is 7.37. The van der Waals surface area contributed by atoms with Crippen LogP contribution in [0.4, 0.5) is 0 Å². The van der Waals surface area contributed by atoms with Crippen LogP contribution < -0.4 is 10.7 Å². The van der Waals surface area contributed by atoms with Gasteiger partial charge in [0.2, 0.25) is 0 Å². The van der Waals surface area contributed by atoms with Gasteiger partial charge in [-0.1, -0.05) is 33.8 Å². The average molecular weight is 267 g/mol. The summed E-state index contributed by atoms with van der Waals surface area (Å²) in [5, 5.41) is 14.4. The van der Waals surface area contributed by atoms with Crippen molar-refractivity contribution in [2.45, 2.75) is 59.5 Å². The molecule has 4 nitrogen and oxygen atoms in total. The second-order valence-electron chi connectivity index (χ2n) is 5.56. The van der Waals surface area contributed by atoms with E-state index in [1.807, 2.05) is 6.92 Å². The molecule has 0 saturated carbocycles. The van der Waals surface area contributed by atoms with Crippen molar-refractivity contribution >= 4 is 0 Å². The molecule has 1 rings (SSSR count). The number of hydrogen-bond donors (Lipinski definition) is 3. The number of rotatable bonds is 7. The van der Waals surface area contributed by atoms with E-state index in [-0.39, 0.29) is 12.1 Å². The summed E-state index contributed by atoms with van der Waals surface area (Å²) in [7, 11) is 0. The highest BCUT2D eigenvalue weighted by molar-refractivity contribution is 5.35. The number of dihydropyridines is 1. The number of nitrogens with zero attached hydrogens (tertiary/aromatic N) is 1. The van der Waals surface area contributed by atoms with Crippen molar-refractivity contribution in [3.63, 3.8) is 0 Å². The molecule has 0 saturated heterocycles. The minimum atomic E-state index is 0.191. The summed E-state index contributed by atoms with van der Waals surface area (Å²) in [6.07, 6.45) is 6.25. The van der Waals surface area contributed by atoms with E-state index in [1.165, 1.54) is 16.3 Å². The molecule has 0 aromatic heterocycles. The summed E-state index contributed by atoms with van der Waals surface area (Å²) in [6.45, 7) is 11.4. The summed E-state index contributed by atoms with van der Waals surface area (Å²) >= 11 is 0. The third-order valence-corrected chi connectivity index (χ3v) is 3.56. The van der Waals surface area contributed by atoms with E-state index in [9.17, 15) is 5.21 Å². The number of nitrogens with one attached hydrogen (secondary N) is 2. The minimum absolute atomic E-state index is 0.191. The first-order valence-electron chi connectivity index (χ1n) is 7.37. The number of hydrazine groups is 1. The van der Waals surface area contributed by atoms with E-state index in [1.54, 1.807) is 0 Å². The highest BCUT2D eigenvalue weighted by atomic mass is 16.5. The van der Waals surface area contributed by atoms with E-state index < -0.39 is 0 Å². The van der Waals surface area contributed by atoms with Crippen LogP contribution in [0, 0.1) is 5.92 Å². The van der Waals surface area contributed by atoms with Crippen molar-refractivity contribution in [3.05, 3.63) is 23.4 Å². The number of hydrogen-bond acceptors (Lipinski definition) is 4. The highest BCUT2D eigenvalue weighted by Gasteiger charge is 2.22. The Morgan fingerprint density at radius 1 is 1.42 bits per heavy atom. The second kappa shape index (κ2) is 7.68. The van der Waals surface area contributed by atoms with Crippen molar-refractivity contribution < 1.29 is 5.21 Å². The van der Waals surface area contributed by atoms with Gasteiger partial charge in [0.15, 0.2) is 0 Å². The lowest BCUT2D eigenvalue weighted by molar-refractivity contribution is -0.147. The van der Waals surface area contributed by atoms with Gasteiger partial charge in [0.25, 0.3) is 0 Å². The molecule has 0 bridgehead atoms. The van der Waals surface area contributed by atoms with Crippen molar-refractivity contribution in [1.29, 1.82) is 0 Å². The summed E-state index contributed by atoms with van der Waals surface area (Å²) in [5.41, 5.74) is 5.85. The summed E-state index contributed by atoms with van der Waals surface area (Å²) in [4.78, 5) is 0. The quantitative estimate of drug-likeness (QED) is 0.621. The van der Waals surface area contributed by atoms with Crippen molar-refractivity contribution in [1.82, 2.24) is 15.9 Å². The summed E-state index contributed by atoms with van der Waals surface area (Å²) in [5.74, 6) is 0.534. The minimum Gasteiger partial charge on any atom is -0.383 e. The van der Waals surface area contributed by atoms with Gasteiger partial charge in [-0.05, 0) is 36.8 Å². The third kappa shape index (κ3) is 4.64. The average Bonchev–Trinajstić information content (AvgIpc) is 2.35. The van der Waals surface area contributed by atoms with Gasteiger partial charge >= 0.3 is 0 Å². The molecule has 1 heterocycles. The fraction of sp³-hybridized carbons (Fsp3) is 0.733. The molecular formula is C15H29N3O. The molecule has 2 atom stereocenters. The van der Waals surface area contributed by atoms with Gasteiger partial charge in [-0.25, -0.2) is 5.43 Å². The summed E-state index contributed by atoms with van der Waals surface area (Å²) in [6, 6.07) is 0.412. The standard InChI is InChI=1S/C15H29N3O/c1-6-8-18(19)17-14(7-2)15-9-12(5)13(10-16-15)11(3)4/h9-11,14-17,19H,6-8H2,1-5H3. The molecule has 4 heteroatoms. The van der Waals surface area contributed by atoms with Gasteiger partial charge in [0.1, 0.15) is 0 Å². The molecule has 1 aliphatic heterocycles. The van der Waals surface area contributed by atoms with E-state index >= 15 is 0 Å². The van der Waals surface area contributed by atoms with Crippen LogP contribution in [0.25, 0.3) is 0 Å². The Kier molecular flexibility index (Phi) is 6.55. The Morgan fingerprint density at radius 3 is 2.58 bits per heavy atom. The molecule has 110 valence electrons. The SMILES string of the molecule is CCCN(O)NC(CC)C1C=C(C)C(C(C)C)=CN1. The molecule has 0 spiro atoms. The van der Waals surface area contributed by atoms with E-state index in [0.717, 1.165) is 12.8 Å². The predicted molar refractivity (Wildman–Crippen MR) is 79.6 cm³/mol. The van der Waals surface area contributed by atoms with Crippen LogP contribution >= 0.6 is 0 Å². The van der Waals surface area contributed by atoms with Gasteiger partial charge in [-0.3, -0.25) is 5.21 Å². The predicted octanol–water partition coefficient (Wildman–Crippen LogP) is 2.83. The van der Waals surface area contributed by atoms with Gasteiger partial charge in [-0.15, -0.1) is 5.17 Å². The van der Waals surface area contributed by atoms with Crippen LogP contribution in [0.15, 0.2) is 23.4 Å². The Balaban J connectivity index is 2.65. The molecular weight excluding hydrogens is 238 g/mol. The number of allylic oxidation sites excluding steroid dienone is 2. The van der Waals surface area contributed by atoms with Crippen molar-refractivity contribution in [2.75, 3.05) is 6.54 Å². The highest BCUT2D eigenvalue weighted by Crippen LogP contribution is 2.23. The topological polar surface area (TPSA) is 47.5 Å². The maximum atomic E-state index is 9.75. The normalized spacial score (nSPS) is 21.2. The fourth-order valence-corrected chi connectivity index (χ4v) is 2.46. The monoisotopic (exact) mass is 267 g/mol. The molecule has 0 aromatic rings. The molecule has 0 amide bonds.